The molecule has 4 unspecified atom stereocenters. The first-order chi connectivity index (χ1) is 10.5. The second-order valence-electron chi connectivity index (χ2n) is 6.29. The Kier molecular flexibility index (Phi) is 3.91. The van der Waals surface area contributed by atoms with Crippen molar-refractivity contribution in [2.75, 3.05) is 0 Å². The number of carboxylic acid groups (broad SMARTS) is 1. The molecule has 2 aliphatic rings. The molecular formula is C17H21NO4. The van der Waals surface area contributed by atoms with E-state index < -0.39 is 12.0 Å². The predicted octanol–water partition coefficient (Wildman–Crippen LogP) is 2.11. The quantitative estimate of drug-likeness (QED) is 0.893. The van der Waals surface area contributed by atoms with Gasteiger partial charge in [-0.3, -0.25) is 4.79 Å². The summed E-state index contributed by atoms with van der Waals surface area (Å²) in [4.78, 5) is 24.1. The minimum atomic E-state index is -1.04. The molecular weight excluding hydrogens is 282 g/mol. The van der Waals surface area contributed by atoms with Crippen molar-refractivity contribution in [2.24, 2.45) is 5.92 Å². The number of hydrogen-bond donors (Lipinski definition) is 2. The molecule has 5 heteroatoms. The van der Waals surface area contributed by atoms with E-state index in [0.717, 1.165) is 24.0 Å². The third-order valence-corrected chi connectivity index (χ3v) is 4.93. The van der Waals surface area contributed by atoms with Crippen LogP contribution in [-0.2, 0) is 14.3 Å². The molecule has 2 aliphatic heterocycles. The number of hydrogen-bond acceptors (Lipinski definition) is 3. The molecule has 2 bridgehead atoms. The van der Waals surface area contributed by atoms with E-state index in [4.69, 9.17) is 4.74 Å². The molecule has 0 radical (unpaired) electrons. The van der Waals surface area contributed by atoms with Crippen molar-refractivity contribution in [1.82, 2.24) is 5.32 Å². The molecule has 0 spiro atoms. The highest BCUT2D eigenvalue weighted by atomic mass is 16.5. The fourth-order valence-electron chi connectivity index (χ4n) is 3.52. The SMILES string of the molecule is Cc1cccc(C(NC(=O)C2CC3CCC2O3)C(=O)O)c1C. The molecule has 4 atom stereocenters. The number of rotatable bonds is 4. The van der Waals surface area contributed by atoms with Crippen LogP contribution in [-0.4, -0.2) is 29.2 Å². The van der Waals surface area contributed by atoms with Crippen LogP contribution in [0.3, 0.4) is 0 Å². The van der Waals surface area contributed by atoms with Gasteiger partial charge in [0.25, 0.3) is 0 Å². The lowest BCUT2D eigenvalue weighted by Gasteiger charge is -2.23. The number of carbonyl (C=O) groups excluding carboxylic acids is 1. The summed E-state index contributed by atoms with van der Waals surface area (Å²) < 4.78 is 5.69. The first-order valence-electron chi connectivity index (χ1n) is 7.72. The predicted molar refractivity (Wildman–Crippen MR) is 80.4 cm³/mol. The average Bonchev–Trinajstić information content (AvgIpc) is 3.10. The zero-order valence-electron chi connectivity index (χ0n) is 12.8. The Balaban J connectivity index is 1.79. The average molecular weight is 303 g/mol. The van der Waals surface area contributed by atoms with Crippen LogP contribution >= 0.6 is 0 Å². The molecule has 22 heavy (non-hydrogen) atoms. The first kappa shape index (κ1) is 15.0. The van der Waals surface area contributed by atoms with Crippen LogP contribution in [0.5, 0.6) is 0 Å². The van der Waals surface area contributed by atoms with Crippen LogP contribution in [0.4, 0.5) is 0 Å². The number of carbonyl (C=O) groups is 2. The van der Waals surface area contributed by atoms with Crippen LogP contribution in [0.25, 0.3) is 0 Å². The number of ether oxygens (including phenoxy) is 1. The van der Waals surface area contributed by atoms with Crippen LogP contribution in [0.1, 0.15) is 42.0 Å². The van der Waals surface area contributed by atoms with Gasteiger partial charge in [0, 0.05) is 0 Å². The summed E-state index contributed by atoms with van der Waals surface area (Å²) in [5, 5.41) is 12.2. The first-order valence-corrected chi connectivity index (χ1v) is 7.72. The Morgan fingerprint density at radius 3 is 2.68 bits per heavy atom. The van der Waals surface area contributed by atoms with E-state index in [-0.39, 0.29) is 24.0 Å². The Hall–Kier alpha value is -1.88. The maximum Gasteiger partial charge on any atom is 0.330 e. The Labute approximate surface area is 129 Å². The molecule has 2 fully saturated rings. The van der Waals surface area contributed by atoms with Gasteiger partial charge >= 0.3 is 5.97 Å². The summed E-state index contributed by atoms with van der Waals surface area (Å²) in [7, 11) is 0. The van der Waals surface area contributed by atoms with Crippen LogP contribution < -0.4 is 5.32 Å². The highest BCUT2D eigenvalue weighted by molar-refractivity contribution is 5.86. The van der Waals surface area contributed by atoms with Gasteiger partial charge in [-0.1, -0.05) is 18.2 Å². The number of aryl methyl sites for hydroxylation is 1. The maximum atomic E-state index is 12.5. The third kappa shape index (κ3) is 2.61. The summed E-state index contributed by atoms with van der Waals surface area (Å²) in [6.45, 7) is 3.82. The Morgan fingerprint density at radius 1 is 1.32 bits per heavy atom. The second kappa shape index (κ2) is 5.72. The fourth-order valence-corrected chi connectivity index (χ4v) is 3.52. The zero-order chi connectivity index (χ0) is 15.9. The standard InChI is InChI=1S/C17H21NO4/c1-9-4-3-5-12(10(9)2)15(17(20)21)18-16(19)13-8-11-6-7-14(13)22-11/h3-5,11,13-15H,6-8H2,1-2H3,(H,18,19)(H,20,21). The van der Waals surface area contributed by atoms with Gasteiger partial charge in [-0.15, -0.1) is 0 Å². The molecule has 0 saturated carbocycles. The molecule has 2 saturated heterocycles. The molecule has 3 rings (SSSR count). The topological polar surface area (TPSA) is 75.6 Å². The zero-order valence-corrected chi connectivity index (χ0v) is 12.8. The number of benzene rings is 1. The second-order valence-corrected chi connectivity index (χ2v) is 6.29. The molecule has 1 aromatic carbocycles. The Bertz CT molecular complexity index is 613. The molecule has 1 amide bonds. The van der Waals surface area contributed by atoms with Gasteiger partial charge in [-0.05, 0) is 49.8 Å². The molecule has 0 aliphatic carbocycles. The lowest BCUT2D eigenvalue weighted by atomic mass is 9.88. The number of amides is 1. The molecule has 2 N–H and O–H groups in total. The normalized spacial score (nSPS) is 27.6. The fraction of sp³-hybridized carbons (Fsp3) is 0.529. The van der Waals surface area contributed by atoms with Crippen molar-refractivity contribution in [2.45, 2.75) is 51.4 Å². The van der Waals surface area contributed by atoms with E-state index in [1.54, 1.807) is 6.07 Å². The van der Waals surface area contributed by atoms with Crippen molar-refractivity contribution in [3.63, 3.8) is 0 Å². The van der Waals surface area contributed by atoms with Crippen molar-refractivity contribution in [3.05, 3.63) is 34.9 Å². The largest absolute Gasteiger partial charge is 0.479 e. The van der Waals surface area contributed by atoms with Crippen LogP contribution in [0, 0.1) is 19.8 Å². The van der Waals surface area contributed by atoms with E-state index >= 15 is 0 Å². The summed E-state index contributed by atoms with van der Waals surface area (Å²) >= 11 is 0. The van der Waals surface area contributed by atoms with Crippen molar-refractivity contribution >= 4 is 11.9 Å². The maximum absolute atomic E-state index is 12.5. The summed E-state index contributed by atoms with van der Waals surface area (Å²) in [5.41, 5.74) is 2.56. The van der Waals surface area contributed by atoms with Gasteiger partial charge in [0.2, 0.25) is 5.91 Å². The lowest BCUT2D eigenvalue weighted by Crippen LogP contribution is -2.41. The summed E-state index contributed by atoms with van der Waals surface area (Å²) in [6.07, 6.45) is 2.73. The smallest absolute Gasteiger partial charge is 0.330 e. The van der Waals surface area contributed by atoms with Gasteiger partial charge in [-0.2, -0.15) is 0 Å². The van der Waals surface area contributed by atoms with E-state index in [0.29, 0.717) is 12.0 Å². The lowest BCUT2D eigenvalue weighted by molar-refractivity contribution is -0.143. The van der Waals surface area contributed by atoms with Gasteiger partial charge in [-0.25, -0.2) is 4.79 Å². The van der Waals surface area contributed by atoms with Crippen LogP contribution in [0.15, 0.2) is 18.2 Å². The highest BCUT2D eigenvalue weighted by Gasteiger charge is 2.45. The number of nitrogens with one attached hydrogen (secondary N) is 1. The van der Waals surface area contributed by atoms with E-state index in [1.165, 1.54) is 0 Å². The molecule has 5 nitrogen and oxygen atoms in total. The minimum Gasteiger partial charge on any atom is -0.479 e. The minimum absolute atomic E-state index is 0.0435. The van der Waals surface area contributed by atoms with Gasteiger partial charge < -0.3 is 15.2 Å². The van der Waals surface area contributed by atoms with E-state index in [9.17, 15) is 14.7 Å². The third-order valence-electron chi connectivity index (χ3n) is 4.93. The van der Waals surface area contributed by atoms with Crippen molar-refractivity contribution in [1.29, 1.82) is 0 Å². The van der Waals surface area contributed by atoms with E-state index in [1.807, 2.05) is 26.0 Å². The molecule has 118 valence electrons. The Morgan fingerprint density at radius 2 is 2.09 bits per heavy atom. The highest BCUT2D eigenvalue weighted by Crippen LogP contribution is 2.39. The van der Waals surface area contributed by atoms with Gasteiger partial charge in [0.15, 0.2) is 6.04 Å². The monoisotopic (exact) mass is 303 g/mol. The molecule has 1 aromatic rings. The van der Waals surface area contributed by atoms with E-state index in [2.05, 4.69) is 5.32 Å². The summed E-state index contributed by atoms with van der Waals surface area (Å²) in [6, 6.07) is 4.51. The van der Waals surface area contributed by atoms with Crippen molar-refractivity contribution in [3.8, 4) is 0 Å². The number of carboxylic acids is 1. The molecule has 0 aromatic heterocycles. The van der Waals surface area contributed by atoms with Crippen molar-refractivity contribution < 1.29 is 19.4 Å². The number of aliphatic carboxylic acids is 1. The number of fused-ring (bicyclic) bond motifs is 2. The summed E-state index contributed by atoms with van der Waals surface area (Å²) in [5.74, 6) is -1.46. The van der Waals surface area contributed by atoms with Gasteiger partial charge in [0.05, 0.1) is 18.1 Å². The van der Waals surface area contributed by atoms with Gasteiger partial charge in [0.1, 0.15) is 0 Å². The van der Waals surface area contributed by atoms with Crippen LogP contribution in [0.2, 0.25) is 0 Å². The molecule has 2 heterocycles.